The zero-order valence-corrected chi connectivity index (χ0v) is 17.1. The molecule has 0 amide bonds. The van der Waals surface area contributed by atoms with Crippen molar-refractivity contribution in [3.8, 4) is 0 Å². The Morgan fingerprint density at radius 3 is 2.79 bits per heavy atom. The van der Waals surface area contributed by atoms with Crippen LogP contribution in [-0.4, -0.2) is 33.0 Å². The van der Waals surface area contributed by atoms with Gasteiger partial charge in [0.1, 0.15) is 17.1 Å². The Balaban J connectivity index is 1.68. The predicted octanol–water partition coefficient (Wildman–Crippen LogP) is 3.74. The van der Waals surface area contributed by atoms with Crippen LogP contribution in [0.1, 0.15) is 26.4 Å². The van der Waals surface area contributed by atoms with Crippen molar-refractivity contribution in [3.05, 3.63) is 58.0 Å². The van der Waals surface area contributed by atoms with Gasteiger partial charge in [-0.25, -0.2) is 18.9 Å². The number of halogens is 1. The monoisotopic (exact) mass is 419 g/mol. The summed E-state index contributed by atoms with van der Waals surface area (Å²) in [7, 11) is 1.33. The highest BCUT2D eigenvalue weighted by molar-refractivity contribution is 7.80. The summed E-state index contributed by atoms with van der Waals surface area (Å²) in [5, 5.41) is 10.9. The lowest BCUT2D eigenvalue weighted by Crippen LogP contribution is -2.21. The Labute approximate surface area is 170 Å². The molecule has 2 N–H and O–H groups in total. The number of thiocarbonyl (C=S) groups is 1. The largest absolute Gasteiger partial charge is 0.465 e. The molecule has 0 atom stereocenters. The summed E-state index contributed by atoms with van der Waals surface area (Å²) < 4.78 is 20.1. The first-order chi connectivity index (χ1) is 13.4. The average molecular weight is 420 g/mol. The summed E-state index contributed by atoms with van der Waals surface area (Å²) in [6.07, 6.45) is 1.48. The van der Waals surface area contributed by atoms with Crippen molar-refractivity contribution in [1.82, 2.24) is 14.8 Å². The zero-order valence-electron chi connectivity index (χ0n) is 15.4. The minimum absolute atomic E-state index is 0.232. The number of carbonyl (C=O) groups excluding carboxylic acids is 1. The fourth-order valence-corrected chi connectivity index (χ4v) is 3.84. The third kappa shape index (κ3) is 4.34. The van der Waals surface area contributed by atoms with Gasteiger partial charge in [-0.1, -0.05) is 18.2 Å². The quantitative estimate of drug-likeness (QED) is 0.482. The van der Waals surface area contributed by atoms with Crippen LogP contribution in [0.3, 0.4) is 0 Å². The number of benzene rings is 1. The number of rotatable bonds is 5. The number of aryl methyl sites for hydroxylation is 1. The number of aromatic nitrogens is 3. The fraction of sp³-hybridized carbons (Fsp3) is 0.222. The Hall–Kier alpha value is -2.85. The predicted molar refractivity (Wildman–Crippen MR) is 110 cm³/mol. The van der Waals surface area contributed by atoms with E-state index in [0.29, 0.717) is 16.1 Å². The lowest BCUT2D eigenvalue weighted by Gasteiger charge is -2.08. The highest BCUT2D eigenvalue weighted by atomic mass is 32.1. The Kier molecular flexibility index (Phi) is 6.00. The smallest absolute Gasteiger partial charge is 0.341 e. The van der Waals surface area contributed by atoms with E-state index in [4.69, 9.17) is 17.0 Å². The van der Waals surface area contributed by atoms with E-state index in [9.17, 15) is 9.18 Å². The molecule has 0 aliphatic carbocycles. The van der Waals surface area contributed by atoms with Gasteiger partial charge < -0.3 is 10.1 Å². The molecule has 0 saturated heterocycles. The molecule has 0 aliphatic heterocycles. The van der Waals surface area contributed by atoms with Crippen molar-refractivity contribution in [2.24, 2.45) is 0 Å². The number of ether oxygens (including phenoxy) is 1. The Bertz CT molecular complexity index is 1030. The molecule has 7 nitrogen and oxygen atoms in total. The molecule has 0 unspecified atom stereocenters. The van der Waals surface area contributed by atoms with E-state index in [1.54, 1.807) is 18.2 Å². The van der Waals surface area contributed by atoms with E-state index < -0.39 is 5.97 Å². The molecule has 0 aliphatic rings. The number of hydrogen-bond acceptors (Lipinski definition) is 6. The van der Waals surface area contributed by atoms with Crippen LogP contribution in [0.2, 0.25) is 0 Å². The minimum atomic E-state index is -0.431. The van der Waals surface area contributed by atoms with Gasteiger partial charge in [0.15, 0.2) is 5.11 Å². The number of carbonyl (C=O) groups is 1. The lowest BCUT2D eigenvalue weighted by atomic mass is 10.1. The van der Waals surface area contributed by atoms with E-state index in [1.807, 2.05) is 13.8 Å². The second-order valence-corrected chi connectivity index (χ2v) is 7.55. The molecule has 10 heteroatoms. The second-order valence-electron chi connectivity index (χ2n) is 5.92. The van der Waals surface area contributed by atoms with Gasteiger partial charge in [-0.15, -0.1) is 16.4 Å². The van der Waals surface area contributed by atoms with Crippen molar-refractivity contribution in [2.45, 2.75) is 20.4 Å². The number of nitrogens with one attached hydrogen (secondary N) is 2. The highest BCUT2D eigenvalue weighted by Gasteiger charge is 2.21. The maximum Gasteiger partial charge on any atom is 0.341 e. The molecule has 1 aromatic carbocycles. The summed E-state index contributed by atoms with van der Waals surface area (Å²) >= 11 is 6.70. The molecule has 3 rings (SSSR count). The molecule has 2 aromatic heterocycles. The molecule has 0 fully saturated rings. The fourth-order valence-electron chi connectivity index (χ4n) is 2.53. The zero-order chi connectivity index (χ0) is 20.3. The van der Waals surface area contributed by atoms with Crippen LogP contribution < -0.4 is 10.6 Å². The standard InChI is InChI=1S/C18H18FN5O2S2/c1-10-11(2)28-15(14(10)16(25)26-3)21-18(27)22-17-20-9-24(23-17)8-12-6-4-5-7-13(12)19/h4-7,9H,8H2,1-3H3,(H2,21,22,23,27). The summed E-state index contributed by atoms with van der Waals surface area (Å²) in [6, 6.07) is 6.48. The van der Waals surface area contributed by atoms with E-state index in [1.165, 1.54) is 35.5 Å². The van der Waals surface area contributed by atoms with Gasteiger partial charge in [-0.2, -0.15) is 0 Å². The van der Waals surface area contributed by atoms with E-state index in [-0.39, 0.29) is 23.4 Å². The summed E-state index contributed by atoms with van der Waals surface area (Å²) in [4.78, 5) is 17.1. The van der Waals surface area contributed by atoms with E-state index in [0.717, 1.165) is 10.4 Å². The summed E-state index contributed by atoms with van der Waals surface area (Å²) in [6.45, 7) is 4.02. The number of esters is 1. The number of hydrogen-bond donors (Lipinski definition) is 2. The van der Waals surface area contributed by atoms with E-state index in [2.05, 4.69) is 20.7 Å². The van der Waals surface area contributed by atoms with Gasteiger partial charge >= 0.3 is 5.97 Å². The second kappa shape index (κ2) is 8.44. The van der Waals surface area contributed by atoms with Crippen molar-refractivity contribution in [1.29, 1.82) is 0 Å². The molecular formula is C18H18FN5O2S2. The van der Waals surface area contributed by atoms with Gasteiger partial charge in [0, 0.05) is 10.4 Å². The minimum Gasteiger partial charge on any atom is -0.465 e. The first-order valence-corrected chi connectivity index (χ1v) is 9.50. The van der Waals surface area contributed by atoms with Gasteiger partial charge in [0.2, 0.25) is 5.95 Å². The molecule has 0 radical (unpaired) electrons. The highest BCUT2D eigenvalue weighted by Crippen LogP contribution is 2.33. The molecule has 28 heavy (non-hydrogen) atoms. The van der Waals surface area contributed by atoms with Crippen LogP contribution in [0.15, 0.2) is 30.6 Å². The van der Waals surface area contributed by atoms with Crippen LogP contribution >= 0.6 is 23.6 Å². The Morgan fingerprint density at radius 2 is 2.07 bits per heavy atom. The summed E-state index contributed by atoms with van der Waals surface area (Å²) in [5.41, 5.74) is 1.80. The SMILES string of the molecule is COC(=O)c1c(NC(=S)Nc2ncn(Cc3ccccc3F)n2)sc(C)c1C. The van der Waals surface area contributed by atoms with Crippen molar-refractivity contribution < 1.29 is 13.9 Å². The molecular weight excluding hydrogens is 401 g/mol. The number of anilines is 2. The number of thiophene rings is 1. The van der Waals surface area contributed by atoms with Crippen molar-refractivity contribution in [2.75, 3.05) is 17.7 Å². The van der Waals surface area contributed by atoms with Crippen LogP contribution in [0.4, 0.5) is 15.3 Å². The third-order valence-electron chi connectivity index (χ3n) is 4.05. The van der Waals surface area contributed by atoms with E-state index >= 15 is 0 Å². The number of nitrogens with zero attached hydrogens (tertiary/aromatic N) is 3. The molecule has 146 valence electrons. The molecule has 2 heterocycles. The van der Waals surface area contributed by atoms with Crippen LogP contribution in [0.5, 0.6) is 0 Å². The van der Waals surface area contributed by atoms with Gasteiger partial charge in [0.05, 0.1) is 19.2 Å². The lowest BCUT2D eigenvalue weighted by molar-refractivity contribution is 0.0601. The van der Waals surface area contributed by atoms with Gasteiger partial charge in [-0.05, 0) is 37.7 Å². The number of methoxy groups -OCH3 is 1. The molecule has 0 spiro atoms. The molecule has 0 bridgehead atoms. The molecule has 0 saturated carbocycles. The Morgan fingerprint density at radius 1 is 1.32 bits per heavy atom. The first-order valence-electron chi connectivity index (χ1n) is 8.28. The van der Waals surface area contributed by atoms with Crippen LogP contribution in [0, 0.1) is 19.7 Å². The maximum absolute atomic E-state index is 13.8. The maximum atomic E-state index is 13.8. The average Bonchev–Trinajstić information content (AvgIpc) is 3.20. The topological polar surface area (TPSA) is 81.1 Å². The van der Waals surface area contributed by atoms with Gasteiger partial charge in [-0.3, -0.25) is 5.32 Å². The first kappa shape index (κ1) is 19.9. The summed E-state index contributed by atoms with van der Waals surface area (Å²) in [5.74, 6) is -0.471. The van der Waals surface area contributed by atoms with Crippen LogP contribution in [0.25, 0.3) is 0 Å². The van der Waals surface area contributed by atoms with Crippen molar-refractivity contribution >= 4 is 45.6 Å². The third-order valence-corrected chi connectivity index (χ3v) is 5.38. The van der Waals surface area contributed by atoms with Crippen LogP contribution in [-0.2, 0) is 11.3 Å². The van der Waals surface area contributed by atoms with Crippen molar-refractivity contribution in [3.63, 3.8) is 0 Å². The normalized spacial score (nSPS) is 10.6. The molecule has 3 aromatic rings. The van der Waals surface area contributed by atoms with Gasteiger partial charge in [0.25, 0.3) is 0 Å².